The van der Waals surface area contributed by atoms with Crippen LogP contribution in [-0.4, -0.2) is 29.3 Å². The maximum absolute atomic E-state index is 9.13. The summed E-state index contributed by atoms with van der Waals surface area (Å²) in [4.78, 5) is 4.48. The molecule has 86 valence electrons. The molecule has 2 aliphatic carbocycles. The first-order valence-corrected chi connectivity index (χ1v) is 6.02. The van der Waals surface area contributed by atoms with E-state index in [0.29, 0.717) is 18.0 Å². The molecule has 2 rings (SSSR count). The van der Waals surface area contributed by atoms with Gasteiger partial charge in [0.25, 0.3) is 0 Å². The van der Waals surface area contributed by atoms with Gasteiger partial charge < -0.3 is 16.2 Å². The van der Waals surface area contributed by atoms with Crippen molar-refractivity contribution in [1.82, 2.24) is 5.32 Å². The molecule has 0 spiro atoms. The maximum atomic E-state index is 9.13. The van der Waals surface area contributed by atoms with Crippen molar-refractivity contribution in [3.63, 3.8) is 0 Å². The zero-order chi connectivity index (χ0) is 10.7. The van der Waals surface area contributed by atoms with Gasteiger partial charge in [0.1, 0.15) is 0 Å². The van der Waals surface area contributed by atoms with Crippen molar-refractivity contribution in [2.24, 2.45) is 10.7 Å². The van der Waals surface area contributed by atoms with Crippen molar-refractivity contribution in [3.8, 4) is 0 Å². The van der Waals surface area contributed by atoms with Gasteiger partial charge in [-0.2, -0.15) is 0 Å². The largest absolute Gasteiger partial charge is 0.393 e. The first kappa shape index (κ1) is 10.7. The number of nitrogens with one attached hydrogen (secondary N) is 1. The molecule has 0 unspecified atom stereocenters. The Labute approximate surface area is 91.0 Å². The molecular formula is C11H21N3O. The fourth-order valence-corrected chi connectivity index (χ4v) is 2.36. The molecule has 0 aliphatic heterocycles. The summed E-state index contributed by atoms with van der Waals surface area (Å²) in [5.74, 6) is 0.568. The van der Waals surface area contributed by atoms with Crippen LogP contribution in [0.5, 0.6) is 0 Å². The predicted molar refractivity (Wildman–Crippen MR) is 60.7 cm³/mol. The number of hydrogen-bond acceptors (Lipinski definition) is 2. The highest BCUT2D eigenvalue weighted by Crippen LogP contribution is 2.21. The van der Waals surface area contributed by atoms with Gasteiger partial charge in [-0.05, 0) is 25.7 Å². The van der Waals surface area contributed by atoms with E-state index in [2.05, 4.69) is 10.3 Å². The lowest BCUT2D eigenvalue weighted by molar-refractivity contribution is 0.0697. The Morgan fingerprint density at radius 1 is 1.20 bits per heavy atom. The summed E-state index contributed by atoms with van der Waals surface area (Å²) in [5, 5.41) is 12.3. The fourth-order valence-electron chi connectivity index (χ4n) is 2.36. The Balaban J connectivity index is 1.73. The van der Waals surface area contributed by atoms with E-state index in [-0.39, 0.29) is 6.10 Å². The van der Waals surface area contributed by atoms with Crippen LogP contribution >= 0.6 is 0 Å². The van der Waals surface area contributed by atoms with E-state index in [1.807, 2.05) is 0 Å². The van der Waals surface area contributed by atoms with Gasteiger partial charge >= 0.3 is 0 Å². The summed E-state index contributed by atoms with van der Waals surface area (Å²) < 4.78 is 0. The Kier molecular flexibility index (Phi) is 3.46. The summed E-state index contributed by atoms with van der Waals surface area (Å²) in [6.45, 7) is 0. The van der Waals surface area contributed by atoms with Crippen LogP contribution in [0.2, 0.25) is 0 Å². The first-order valence-electron chi connectivity index (χ1n) is 6.02. The van der Waals surface area contributed by atoms with Crippen molar-refractivity contribution in [1.29, 1.82) is 0 Å². The summed E-state index contributed by atoms with van der Waals surface area (Å²) in [7, 11) is 0. The first-order chi connectivity index (χ1) is 7.24. The van der Waals surface area contributed by atoms with E-state index in [4.69, 9.17) is 10.8 Å². The van der Waals surface area contributed by atoms with E-state index in [9.17, 15) is 0 Å². The zero-order valence-electron chi connectivity index (χ0n) is 9.15. The van der Waals surface area contributed by atoms with Crippen LogP contribution in [0.1, 0.15) is 44.9 Å². The molecule has 4 heteroatoms. The third kappa shape index (κ3) is 3.09. The summed E-state index contributed by atoms with van der Waals surface area (Å²) in [6.07, 6.45) is 7.74. The van der Waals surface area contributed by atoms with Crippen molar-refractivity contribution in [2.75, 3.05) is 0 Å². The van der Waals surface area contributed by atoms with Crippen LogP contribution in [0.3, 0.4) is 0 Å². The van der Waals surface area contributed by atoms with Crippen LogP contribution in [-0.2, 0) is 0 Å². The van der Waals surface area contributed by atoms with E-state index >= 15 is 0 Å². The standard InChI is InChI=1S/C11H21N3O/c12-11(14-9-6-10(15)7-9)13-8-4-2-1-3-5-8/h8-10,15H,1-7H2,(H3,12,13,14). The summed E-state index contributed by atoms with van der Waals surface area (Å²) in [5.41, 5.74) is 5.82. The van der Waals surface area contributed by atoms with Crippen molar-refractivity contribution in [3.05, 3.63) is 0 Å². The van der Waals surface area contributed by atoms with Gasteiger partial charge in [0, 0.05) is 6.04 Å². The Morgan fingerprint density at radius 3 is 2.47 bits per heavy atom. The molecule has 0 saturated heterocycles. The van der Waals surface area contributed by atoms with Crippen molar-refractivity contribution < 1.29 is 5.11 Å². The van der Waals surface area contributed by atoms with Gasteiger partial charge in [-0.1, -0.05) is 19.3 Å². The molecule has 0 heterocycles. The Hall–Kier alpha value is -0.770. The molecule has 2 saturated carbocycles. The van der Waals surface area contributed by atoms with Crippen LogP contribution in [0.15, 0.2) is 4.99 Å². The summed E-state index contributed by atoms with van der Waals surface area (Å²) in [6, 6.07) is 0.767. The monoisotopic (exact) mass is 211 g/mol. The van der Waals surface area contributed by atoms with Crippen LogP contribution in [0, 0.1) is 0 Å². The third-order valence-corrected chi connectivity index (χ3v) is 3.36. The normalized spacial score (nSPS) is 33.5. The van der Waals surface area contributed by atoms with Gasteiger partial charge in [0.15, 0.2) is 5.96 Å². The molecular weight excluding hydrogens is 190 g/mol. The van der Waals surface area contributed by atoms with Crippen molar-refractivity contribution >= 4 is 5.96 Å². The highest BCUT2D eigenvalue weighted by molar-refractivity contribution is 5.78. The second-order valence-corrected chi connectivity index (χ2v) is 4.77. The third-order valence-electron chi connectivity index (χ3n) is 3.36. The van der Waals surface area contributed by atoms with Gasteiger partial charge in [0.05, 0.1) is 12.1 Å². The molecule has 15 heavy (non-hydrogen) atoms. The van der Waals surface area contributed by atoms with E-state index in [1.165, 1.54) is 32.1 Å². The molecule has 2 fully saturated rings. The molecule has 4 nitrogen and oxygen atoms in total. The zero-order valence-corrected chi connectivity index (χ0v) is 9.15. The second kappa shape index (κ2) is 4.84. The molecule has 2 aliphatic rings. The number of aliphatic imine (C=N–C) groups is 1. The topological polar surface area (TPSA) is 70.6 Å². The highest BCUT2D eigenvalue weighted by atomic mass is 16.3. The molecule has 0 amide bonds. The molecule has 0 radical (unpaired) electrons. The Morgan fingerprint density at radius 2 is 1.87 bits per heavy atom. The lowest BCUT2D eigenvalue weighted by atomic mass is 9.90. The lowest BCUT2D eigenvalue weighted by Gasteiger charge is -2.32. The van der Waals surface area contributed by atoms with Crippen LogP contribution in [0.25, 0.3) is 0 Å². The molecule has 0 aromatic carbocycles. The van der Waals surface area contributed by atoms with Crippen molar-refractivity contribution in [2.45, 2.75) is 63.1 Å². The molecule has 0 atom stereocenters. The van der Waals surface area contributed by atoms with Crippen LogP contribution < -0.4 is 11.1 Å². The smallest absolute Gasteiger partial charge is 0.189 e. The average Bonchev–Trinajstić information content (AvgIpc) is 2.17. The molecule has 0 aromatic rings. The van der Waals surface area contributed by atoms with Gasteiger partial charge in [-0.3, -0.25) is 4.99 Å². The lowest BCUT2D eigenvalue weighted by Crippen LogP contribution is -2.49. The Bertz CT molecular complexity index is 230. The molecule has 0 aromatic heterocycles. The number of aliphatic hydroxyl groups excluding tert-OH is 1. The van der Waals surface area contributed by atoms with Gasteiger partial charge in [-0.25, -0.2) is 0 Å². The number of guanidine groups is 1. The average molecular weight is 211 g/mol. The number of nitrogens with zero attached hydrogens (tertiary/aromatic N) is 1. The molecule has 0 bridgehead atoms. The maximum Gasteiger partial charge on any atom is 0.189 e. The number of hydrogen-bond donors (Lipinski definition) is 3. The SMILES string of the molecule is NC(=NC1CCCCC1)NC1CC(O)C1. The number of rotatable bonds is 2. The quantitative estimate of drug-likeness (QED) is 0.466. The molecule has 4 N–H and O–H groups in total. The fraction of sp³-hybridized carbons (Fsp3) is 0.909. The minimum absolute atomic E-state index is 0.134. The summed E-state index contributed by atoms with van der Waals surface area (Å²) >= 11 is 0. The van der Waals surface area contributed by atoms with E-state index < -0.39 is 0 Å². The second-order valence-electron chi connectivity index (χ2n) is 4.77. The van der Waals surface area contributed by atoms with E-state index in [0.717, 1.165) is 12.8 Å². The van der Waals surface area contributed by atoms with Gasteiger partial charge in [-0.15, -0.1) is 0 Å². The highest BCUT2D eigenvalue weighted by Gasteiger charge is 2.27. The predicted octanol–water partition coefficient (Wildman–Crippen LogP) is 0.747. The minimum Gasteiger partial charge on any atom is -0.393 e. The van der Waals surface area contributed by atoms with Crippen LogP contribution in [0.4, 0.5) is 0 Å². The number of aliphatic hydroxyl groups is 1. The van der Waals surface area contributed by atoms with Gasteiger partial charge in [0.2, 0.25) is 0 Å². The minimum atomic E-state index is -0.134. The number of nitrogens with two attached hydrogens (primary N) is 1. The van der Waals surface area contributed by atoms with E-state index in [1.54, 1.807) is 0 Å².